The first-order valence-electron chi connectivity index (χ1n) is 5.70. The molecular weight excluding hydrogens is 291 g/mol. The van der Waals surface area contributed by atoms with Crippen LogP contribution in [0.4, 0.5) is 14.5 Å². The summed E-state index contributed by atoms with van der Waals surface area (Å²) in [5.74, 6) is -0.959. The van der Waals surface area contributed by atoms with Crippen molar-refractivity contribution in [2.45, 2.75) is 6.92 Å². The number of halogens is 4. The smallest absolute Gasteiger partial charge is 0.148 e. The molecule has 0 unspecified atom stereocenters. The van der Waals surface area contributed by atoms with E-state index < -0.39 is 11.6 Å². The molecule has 2 aromatic rings. The second-order valence-electron chi connectivity index (χ2n) is 4.00. The van der Waals surface area contributed by atoms with Crippen molar-refractivity contribution in [1.82, 2.24) is 0 Å². The van der Waals surface area contributed by atoms with Crippen molar-refractivity contribution in [1.29, 1.82) is 0 Å². The highest BCUT2D eigenvalue weighted by atomic mass is 35.5. The van der Waals surface area contributed by atoms with Gasteiger partial charge in [0.1, 0.15) is 11.6 Å². The first-order chi connectivity index (χ1) is 9.01. The molecule has 0 aliphatic heterocycles. The maximum Gasteiger partial charge on any atom is 0.148 e. The maximum atomic E-state index is 13.9. The summed E-state index contributed by atoms with van der Waals surface area (Å²) >= 11 is 11.8. The molecule has 0 atom stereocenters. The molecule has 0 bridgehead atoms. The number of rotatable bonds is 3. The summed E-state index contributed by atoms with van der Waals surface area (Å²) in [5, 5.41) is 3.34. The van der Waals surface area contributed by atoms with Crippen LogP contribution in [0.25, 0.3) is 11.1 Å². The molecule has 100 valence electrons. The van der Waals surface area contributed by atoms with Crippen LogP contribution in [-0.4, -0.2) is 6.54 Å². The highest BCUT2D eigenvalue weighted by molar-refractivity contribution is 6.33. The van der Waals surface area contributed by atoms with E-state index in [1.54, 1.807) is 12.1 Å². The van der Waals surface area contributed by atoms with Gasteiger partial charge in [0.05, 0.1) is 10.7 Å². The second kappa shape index (κ2) is 5.76. The van der Waals surface area contributed by atoms with Crippen LogP contribution >= 0.6 is 23.2 Å². The molecule has 1 N–H and O–H groups in total. The highest BCUT2D eigenvalue weighted by Gasteiger charge is 2.11. The summed E-state index contributed by atoms with van der Waals surface area (Å²) in [4.78, 5) is 0. The molecule has 2 aromatic carbocycles. The fraction of sp³-hybridized carbons (Fsp3) is 0.143. The molecule has 0 aliphatic carbocycles. The van der Waals surface area contributed by atoms with E-state index in [9.17, 15) is 8.78 Å². The van der Waals surface area contributed by atoms with Crippen molar-refractivity contribution < 1.29 is 8.78 Å². The summed E-state index contributed by atoms with van der Waals surface area (Å²) in [5.41, 5.74) is 1.20. The fourth-order valence-corrected chi connectivity index (χ4v) is 2.30. The molecule has 0 aliphatic rings. The molecule has 0 heterocycles. The van der Waals surface area contributed by atoms with Gasteiger partial charge >= 0.3 is 0 Å². The number of hydrogen-bond acceptors (Lipinski definition) is 1. The Morgan fingerprint density at radius 3 is 2.26 bits per heavy atom. The lowest BCUT2D eigenvalue weighted by Gasteiger charge is -2.10. The van der Waals surface area contributed by atoms with Crippen molar-refractivity contribution in [3.63, 3.8) is 0 Å². The van der Waals surface area contributed by atoms with Crippen molar-refractivity contribution in [2.75, 3.05) is 11.9 Å². The molecule has 19 heavy (non-hydrogen) atoms. The third-order valence-corrected chi connectivity index (χ3v) is 3.11. The lowest BCUT2D eigenvalue weighted by molar-refractivity contribution is 0.627. The maximum absolute atomic E-state index is 13.9. The van der Waals surface area contributed by atoms with Gasteiger partial charge in [-0.25, -0.2) is 8.78 Å². The van der Waals surface area contributed by atoms with E-state index in [4.69, 9.17) is 23.2 Å². The van der Waals surface area contributed by atoms with Crippen LogP contribution in [0.3, 0.4) is 0 Å². The van der Waals surface area contributed by atoms with Gasteiger partial charge in [0.25, 0.3) is 0 Å². The minimum Gasteiger partial charge on any atom is -0.382 e. The third-order valence-electron chi connectivity index (χ3n) is 2.59. The third kappa shape index (κ3) is 3.17. The van der Waals surface area contributed by atoms with Gasteiger partial charge in [0, 0.05) is 11.6 Å². The minimum atomic E-state index is -0.482. The molecule has 0 saturated carbocycles. The molecule has 2 rings (SSSR count). The molecule has 0 aromatic heterocycles. The summed E-state index contributed by atoms with van der Waals surface area (Å²) in [6.45, 7) is 2.40. The van der Waals surface area contributed by atoms with Gasteiger partial charge in [0.2, 0.25) is 0 Å². The van der Waals surface area contributed by atoms with E-state index in [1.165, 1.54) is 18.2 Å². The first-order valence-corrected chi connectivity index (χ1v) is 6.46. The average Bonchev–Trinajstić information content (AvgIpc) is 2.32. The Hall–Kier alpha value is -1.32. The normalized spacial score (nSPS) is 10.6. The Bertz CT molecular complexity index is 571. The van der Waals surface area contributed by atoms with Crippen molar-refractivity contribution >= 4 is 28.9 Å². The summed E-state index contributed by atoms with van der Waals surface area (Å²) in [7, 11) is 0. The predicted molar refractivity (Wildman–Crippen MR) is 76.0 cm³/mol. The molecular formula is C14H11Cl2F2N. The lowest BCUT2D eigenvalue weighted by atomic mass is 10.0. The minimum absolute atomic E-state index is 0.246. The Morgan fingerprint density at radius 1 is 1.00 bits per heavy atom. The Balaban J connectivity index is 2.51. The predicted octanol–water partition coefficient (Wildman–Crippen LogP) is 5.37. The number of hydrogen-bond donors (Lipinski definition) is 1. The van der Waals surface area contributed by atoms with Crippen LogP contribution in [0.1, 0.15) is 6.92 Å². The summed E-state index contributed by atoms with van der Waals surface area (Å²) in [6.07, 6.45) is 0. The number of nitrogens with one attached hydrogen (secondary N) is 1. The fourth-order valence-electron chi connectivity index (χ4n) is 1.81. The number of benzene rings is 2. The van der Waals surface area contributed by atoms with E-state index >= 15 is 0 Å². The standard InChI is InChI=1S/C14H11Cl2F2N/c1-2-19-14-12(16)5-9(6-13(14)18)8-3-10(15)7-11(17)4-8/h3-7,19H,2H2,1H3. The van der Waals surface area contributed by atoms with Crippen molar-refractivity contribution in [3.05, 3.63) is 52.0 Å². The van der Waals surface area contributed by atoms with Crippen LogP contribution in [0.5, 0.6) is 0 Å². The lowest BCUT2D eigenvalue weighted by Crippen LogP contribution is -2.00. The largest absolute Gasteiger partial charge is 0.382 e. The van der Waals surface area contributed by atoms with Gasteiger partial charge in [-0.1, -0.05) is 23.2 Å². The van der Waals surface area contributed by atoms with Crippen LogP contribution in [-0.2, 0) is 0 Å². The zero-order chi connectivity index (χ0) is 14.0. The van der Waals surface area contributed by atoms with E-state index in [0.29, 0.717) is 17.7 Å². The first kappa shape index (κ1) is 14.1. The Labute approximate surface area is 120 Å². The monoisotopic (exact) mass is 301 g/mol. The number of anilines is 1. The molecule has 0 radical (unpaired) electrons. The quantitative estimate of drug-likeness (QED) is 0.803. The summed E-state index contributed by atoms with van der Waals surface area (Å²) < 4.78 is 27.2. The van der Waals surface area contributed by atoms with Gasteiger partial charge in [-0.3, -0.25) is 0 Å². The van der Waals surface area contributed by atoms with Crippen molar-refractivity contribution in [3.8, 4) is 11.1 Å². The molecule has 0 saturated heterocycles. The molecule has 0 spiro atoms. The molecule has 1 nitrogen and oxygen atoms in total. The molecule has 0 fully saturated rings. The van der Waals surface area contributed by atoms with Gasteiger partial charge in [-0.2, -0.15) is 0 Å². The Morgan fingerprint density at radius 2 is 1.68 bits per heavy atom. The van der Waals surface area contributed by atoms with E-state index in [-0.39, 0.29) is 15.7 Å². The zero-order valence-corrected chi connectivity index (χ0v) is 11.6. The molecule has 5 heteroatoms. The average molecular weight is 302 g/mol. The van der Waals surface area contributed by atoms with Crippen LogP contribution in [0, 0.1) is 11.6 Å². The van der Waals surface area contributed by atoms with Crippen LogP contribution in [0.15, 0.2) is 30.3 Å². The topological polar surface area (TPSA) is 12.0 Å². The van der Waals surface area contributed by atoms with Gasteiger partial charge in [-0.05, 0) is 48.4 Å². The van der Waals surface area contributed by atoms with E-state index in [1.807, 2.05) is 6.92 Å². The van der Waals surface area contributed by atoms with Gasteiger partial charge in [-0.15, -0.1) is 0 Å². The molecule has 0 amide bonds. The van der Waals surface area contributed by atoms with Crippen LogP contribution in [0.2, 0.25) is 10.0 Å². The van der Waals surface area contributed by atoms with Crippen molar-refractivity contribution in [2.24, 2.45) is 0 Å². The van der Waals surface area contributed by atoms with Gasteiger partial charge < -0.3 is 5.32 Å². The van der Waals surface area contributed by atoms with Crippen LogP contribution < -0.4 is 5.32 Å². The van der Waals surface area contributed by atoms with E-state index in [2.05, 4.69) is 5.32 Å². The van der Waals surface area contributed by atoms with E-state index in [0.717, 1.165) is 0 Å². The summed E-state index contributed by atoms with van der Waals surface area (Å²) in [6, 6.07) is 6.91. The SMILES string of the molecule is CCNc1c(F)cc(-c2cc(F)cc(Cl)c2)cc1Cl. The zero-order valence-electron chi connectivity index (χ0n) is 10.1. The van der Waals surface area contributed by atoms with Gasteiger partial charge in [0.15, 0.2) is 0 Å². The Kier molecular flexibility index (Phi) is 4.27. The highest BCUT2D eigenvalue weighted by Crippen LogP contribution is 2.32. The second-order valence-corrected chi connectivity index (χ2v) is 4.85.